The fourth-order valence-electron chi connectivity index (χ4n) is 3.10. The number of thiophene rings is 1. The molecule has 1 aliphatic rings. The highest BCUT2D eigenvalue weighted by molar-refractivity contribution is 7.10. The van der Waals surface area contributed by atoms with E-state index in [4.69, 9.17) is 0 Å². The van der Waals surface area contributed by atoms with Crippen LogP contribution in [-0.2, 0) is 19.4 Å². The standard InChI is InChI=1S/C18H23NS/c1-13(2)18(17-7-4-10-20-17)19-12-14-8-9-15-5-3-6-16(15)11-14/h4,7-11,13,18-19H,3,5-6,12H2,1-2H3. The third kappa shape index (κ3) is 2.97. The highest BCUT2D eigenvalue weighted by Crippen LogP contribution is 2.27. The third-order valence-corrected chi connectivity index (χ3v) is 5.16. The van der Waals surface area contributed by atoms with Crippen molar-refractivity contribution < 1.29 is 0 Å². The molecule has 1 nitrogen and oxygen atoms in total. The van der Waals surface area contributed by atoms with Crippen LogP contribution in [0.2, 0.25) is 0 Å². The predicted molar refractivity (Wildman–Crippen MR) is 87.2 cm³/mol. The summed E-state index contributed by atoms with van der Waals surface area (Å²) < 4.78 is 0. The molecule has 1 aromatic carbocycles. The molecule has 1 heterocycles. The van der Waals surface area contributed by atoms with Crippen LogP contribution < -0.4 is 5.32 Å². The first-order valence-corrected chi connectivity index (χ1v) is 8.49. The zero-order chi connectivity index (χ0) is 13.9. The lowest BCUT2D eigenvalue weighted by atomic mass is 10.0. The molecule has 0 amide bonds. The Morgan fingerprint density at radius 1 is 1.15 bits per heavy atom. The minimum Gasteiger partial charge on any atom is -0.305 e. The van der Waals surface area contributed by atoms with Crippen LogP contribution in [0.3, 0.4) is 0 Å². The molecule has 1 aromatic heterocycles. The summed E-state index contributed by atoms with van der Waals surface area (Å²) in [6.45, 7) is 5.55. The summed E-state index contributed by atoms with van der Waals surface area (Å²) in [6.07, 6.45) is 3.87. The van der Waals surface area contributed by atoms with Crippen molar-refractivity contribution in [3.8, 4) is 0 Å². The van der Waals surface area contributed by atoms with Gasteiger partial charge in [-0.15, -0.1) is 11.3 Å². The van der Waals surface area contributed by atoms with Crippen molar-refractivity contribution in [2.75, 3.05) is 0 Å². The zero-order valence-electron chi connectivity index (χ0n) is 12.4. The van der Waals surface area contributed by atoms with Gasteiger partial charge in [-0.25, -0.2) is 0 Å². The van der Waals surface area contributed by atoms with Crippen molar-refractivity contribution in [3.05, 3.63) is 57.3 Å². The molecule has 0 saturated carbocycles. The van der Waals surface area contributed by atoms with Gasteiger partial charge in [0.15, 0.2) is 0 Å². The van der Waals surface area contributed by atoms with Crippen molar-refractivity contribution in [3.63, 3.8) is 0 Å². The van der Waals surface area contributed by atoms with Gasteiger partial charge >= 0.3 is 0 Å². The molecular formula is C18H23NS. The van der Waals surface area contributed by atoms with Gasteiger partial charge in [-0.3, -0.25) is 0 Å². The lowest BCUT2D eigenvalue weighted by Gasteiger charge is -2.21. The maximum atomic E-state index is 3.74. The SMILES string of the molecule is CC(C)C(NCc1ccc2c(c1)CCC2)c1cccs1. The minimum atomic E-state index is 0.461. The smallest absolute Gasteiger partial charge is 0.0440 e. The van der Waals surface area contributed by atoms with E-state index in [-0.39, 0.29) is 0 Å². The summed E-state index contributed by atoms with van der Waals surface area (Å²) in [6, 6.07) is 11.9. The Hall–Kier alpha value is -1.12. The van der Waals surface area contributed by atoms with Crippen molar-refractivity contribution in [1.82, 2.24) is 5.32 Å². The first-order chi connectivity index (χ1) is 9.74. The minimum absolute atomic E-state index is 0.461. The van der Waals surface area contributed by atoms with Crippen molar-refractivity contribution >= 4 is 11.3 Å². The number of aryl methyl sites for hydroxylation is 2. The number of hydrogen-bond acceptors (Lipinski definition) is 2. The molecule has 0 spiro atoms. The predicted octanol–water partition coefficient (Wildman–Crippen LogP) is 4.72. The van der Waals surface area contributed by atoms with Gasteiger partial charge in [0.05, 0.1) is 0 Å². The third-order valence-electron chi connectivity index (χ3n) is 4.21. The molecule has 1 unspecified atom stereocenters. The van der Waals surface area contributed by atoms with Gasteiger partial charge in [-0.05, 0) is 53.3 Å². The van der Waals surface area contributed by atoms with Gasteiger partial charge in [0, 0.05) is 17.5 Å². The van der Waals surface area contributed by atoms with Crippen molar-refractivity contribution in [2.45, 2.75) is 45.7 Å². The van der Waals surface area contributed by atoms with E-state index in [0.717, 1.165) is 6.54 Å². The largest absolute Gasteiger partial charge is 0.305 e. The lowest BCUT2D eigenvalue weighted by Crippen LogP contribution is -2.24. The fourth-order valence-corrected chi connectivity index (χ4v) is 4.07. The summed E-state index contributed by atoms with van der Waals surface area (Å²) in [4.78, 5) is 1.45. The van der Waals surface area contributed by atoms with Gasteiger partial charge in [0.25, 0.3) is 0 Å². The van der Waals surface area contributed by atoms with E-state index < -0.39 is 0 Å². The summed E-state index contributed by atoms with van der Waals surface area (Å²) in [5, 5.41) is 5.91. The van der Waals surface area contributed by atoms with Crippen molar-refractivity contribution in [2.24, 2.45) is 5.92 Å². The highest BCUT2D eigenvalue weighted by atomic mass is 32.1. The van der Waals surface area contributed by atoms with Gasteiger partial charge < -0.3 is 5.32 Å². The quantitative estimate of drug-likeness (QED) is 0.838. The molecule has 0 bridgehead atoms. The Balaban J connectivity index is 1.68. The number of rotatable bonds is 5. The number of benzene rings is 1. The van der Waals surface area contributed by atoms with Gasteiger partial charge in [-0.2, -0.15) is 0 Å². The van der Waals surface area contributed by atoms with E-state index in [1.807, 2.05) is 11.3 Å². The normalized spacial score (nSPS) is 15.6. The molecule has 1 N–H and O–H groups in total. The summed E-state index contributed by atoms with van der Waals surface area (Å²) in [5.41, 5.74) is 4.56. The average molecular weight is 285 g/mol. The summed E-state index contributed by atoms with van der Waals surface area (Å²) in [5.74, 6) is 0.614. The molecule has 2 aromatic rings. The second-order valence-electron chi connectivity index (χ2n) is 6.07. The Morgan fingerprint density at radius 3 is 2.75 bits per heavy atom. The second kappa shape index (κ2) is 6.11. The van der Waals surface area contributed by atoms with Crippen LogP contribution in [0.25, 0.3) is 0 Å². The molecule has 1 atom stereocenters. The van der Waals surface area contributed by atoms with Crippen molar-refractivity contribution in [1.29, 1.82) is 0 Å². The molecule has 2 heteroatoms. The van der Waals surface area contributed by atoms with E-state index in [9.17, 15) is 0 Å². The first-order valence-electron chi connectivity index (χ1n) is 7.61. The monoisotopic (exact) mass is 285 g/mol. The topological polar surface area (TPSA) is 12.0 Å². The first kappa shape index (κ1) is 13.8. The highest BCUT2D eigenvalue weighted by Gasteiger charge is 2.16. The van der Waals surface area contributed by atoms with Crippen LogP contribution >= 0.6 is 11.3 Å². The fraction of sp³-hybridized carbons (Fsp3) is 0.444. The van der Waals surface area contributed by atoms with Gasteiger partial charge in [0.1, 0.15) is 0 Å². The molecule has 0 aliphatic heterocycles. The average Bonchev–Trinajstić information content (AvgIpc) is 3.08. The molecular weight excluding hydrogens is 262 g/mol. The summed E-state index contributed by atoms with van der Waals surface area (Å²) in [7, 11) is 0. The second-order valence-corrected chi connectivity index (χ2v) is 7.05. The van der Waals surface area contributed by atoms with Crippen LogP contribution in [0.1, 0.15) is 47.9 Å². The van der Waals surface area contributed by atoms with E-state index >= 15 is 0 Å². The number of fused-ring (bicyclic) bond motifs is 1. The van der Waals surface area contributed by atoms with E-state index in [0.29, 0.717) is 12.0 Å². The Bertz CT molecular complexity index is 557. The van der Waals surface area contributed by atoms with E-state index in [2.05, 4.69) is 54.9 Å². The molecule has 3 rings (SSSR count). The van der Waals surface area contributed by atoms with Gasteiger partial charge in [0.2, 0.25) is 0 Å². The van der Waals surface area contributed by atoms with Gasteiger partial charge in [-0.1, -0.05) is 38.1 Å². The molecule has 1 aliphatic carbocycles. The molecule has 106 valence electrons. The van der Waals surface area contributed by atoms with Crippen LogP contribution in [-0.4, -0.2) is 0 Å². The Kier molecular flexibility index (Phi) is 4.23. The van der Waals surface area contributed by atoms with Crippen LogP contribution in [0.4, 0.5) is 0 Å². The van der Waals surface area contributed by atoms with Crippen LogP contribution in [0.5, 0.6) is 0 Å². The van der Waals surface area contributed by atoms with Crippen LogP contribution in [0.15, 0.2) is 35.7 Å². The number of nitrogens with one attached hydrogen (secondary N) is 1. The summed E-state index contributed by atoms with van der Waals surface area (Å²) >= 11 is 1.85. The van der Waals surface area contributed by atoms with Crippen LogP contribution in [0, 0.1) is 5.92 Å². The van der Waals surface area contributed by atoms with E-state index in [1.54, 1.807) is 11.1 Å². The Labute approximate surface area is 126 Å². The van der Waals surface area contributed by atoms with E-state index in [1.165, 1.54) is 29.7 Å². The Morgan fingerprint density at radius 2 is 2.00 bits per heavy atom. The zero-order valence-corrected chi connectivity index (χ0v) is 13.2. The lowest BCUT2D eigenvalue weighted by molar-refractivity contribution is 0.416. The molecule has 20 heavy (non-hydrogen) atoms. The maximum Gasteiger partial charge on any atom is 0.0440 e. The molecule has 0 fully saturated rings. The molecule has 0 radical (unpaired) electrons. The maximum absolute atomic E-state index is 3.74. The number of hydrogen-bond donors (Lipinski definition) is 1. The molecule has 0 saturated heterocycles.